The largest absolute Gasteiger partial charge is 0.492 e. The number of aromatic nitrogens is 1. The first kappa shape index (κ1) is 21.5. The predicted octanol–water partition coefficient (Wildman–Crippen LogP) is 3.51. The highest BCUT2D eigenvalue weighted by atomic mass is 32.1. The zero-order chi connectivity index (χ0) is 22.7. The minimum absolute atomic E-state index is 0.147. The van der Waals surface area contributed by atoms with Gasteiger partial charge in [-0.3, -0.25) is 14.4 Å². The number of benzene rings is 2. The first-order chi connectivity index (χ1) is 15.5. The van der Waals surface area contributed by atoms with Gasteiger partial charge in [0.1, 0.15) is 23.4 Å². The molecule has 164 valence electrons. The number of para-hydroxylation sites is 2. The number of hydrogen-bond acceptors (Lipinski definition) is 7. The van der Waals surface area contributed by atoms with E-state index in [4.69, 9.17) is 13.9 Å². The summed E-state index contributed by atoms with van der Waals surface area (Å²) in [6.07, 6.45) is 0. The van der Waals surface area contributed by atoms with Gasteiger partial charge in [0.2, 0.25) is 0 Å². The molecule has 0 saturated carbocycles. The van der Waals surface area contributed by atoms with Crippen LogP contribution >= 0.6 is 11.3 Å². The van der Waals surface area contributed by atoms with Crippen LogP contribution in [0.25, 0.3) is 21.2 Å². The summed E-state index contributed by atoms with van der Waals surface area (Å²) < 4.78 is 18.8. The number of carbonyl (C=O) groups excluding carboxylic acids is 2. The summed E-state index contributed by atoms with van der Waals surface area (Å²) in [6, 6.07) is 13.3. The quantitative estimate of drug-likeness (QED) is 0.415. The number of fused-ring (bicyclic) bond motifs is 2. The van der Waals surface area contributed by atoms with Crippen LogP contribution in [0.2, 0.25) is 0 Å². The molecule has 32 heavy (non-hydrogen) atoms. The molecule has 4 aromatic rings. The average Bonchev–Trinajstić information content (AvgIpc) is 3.11. The third-order valence-electron chi connectivity index (χ3n) is 4.60. The lowest BCUT2D eigenvalue weighted by molar-refractivity contribution is -0.143. The number of ether oxygens (including phenoxy) is 2. The molecule has 0 aliphatic carbocycles. The molecule has 0 spiro atoms. The minimum Gasteiger partial charge on any atom is -0.492 e. The monoisotopic (exact) mass is 452 g/mol. The van der Waals surface area contributed by atoms with Crippen molar-refractivity contribution in [3.05, 3.63) is 69.3 Å². The number of carbonyl (C=O) groups is 2. The van der Waals surface area contributed by atoms with Crippen molar-refractivity contribution < 1.29 is 23.5 Å². The summed E-state index contributed by atoms with van der Waals surface area (Å²) in [5, 5.41) is 0.379. The zero-order valence-electron chi connectivity index (χ0n) is 17.5. The second-order valence-corrected chi connectivity index (χ2v) is 7.71. The van der Waals surface area contributed by atoms with Gasteiger partial charge in [-0.25, -0.2) is 0 Å². The molecule has 0 N–H and O–H groups in total. The lowest BCUT2D eigenvalue weighted by Crippen LogP contribution is -2.23. The Morgan fingerprint density at radius 2 is 1.91 bits per heavy atom. The maximum Gasteiger partial charge on any atom is 0.326 e. The van der Waals surface area contributed by atoms with E-state index in [1.54, 1.807) is 41.8 Å². The van der Waals surface area contributed by atoms with Gasteiger partial charge in [0.15, 0.2) is 16.0 Å². The van der Waals surface area contributed by atoms with E-state index in [0.29, 0.717) is 28.8 Å². The number of amides is 1. The molecule has 0 aliphatic rings. The molecule has 2 aromatic heterocycles. The van der Waals surface area contributed by atoms with Crippen molar-refractivity contribution in [3.8, 4) is 5.75 Å². The molecule has 0 radical (unpaired) electrons. The maximum absolute atomic E-state index is 12.9. The van der Waals surface area contributed by atoms with Gasteiger partial charge in [0.05, 0.1) is 23.3 Å². The van der Waals surface area contributed by atoms with Gasteiger partial charge in [-0.05, 0) is 38.1 Å². The Morgan fingerprint density at radius 3 is 2.69 bits per heavy atom. The molecule has 8 nitrogen and oxygen atoms in total. The molecule has 2 heterocycles. The van der Waals surface area contributed by atoms with Gasteiger partial charge < -0.3 is 18.5 Å². The van der Waals surface area contributed by atoms with Gasteiger partial charge in [0, 0.05) is 6.07 Å². The van der Waals surface area contributed by atoms with E-state index in [9.17, 15) is 14.4 Å². The van der Waals surface area contributed by atoms with Crippen molar-refractivity contribution in [3.63, 3.8) is 0 Å². The fourth-order valence-corrected chi connectivity index (χ4v) is 4.33. The Hall–Kier alpha value is -3.72. The molecule has 9 heteroatoms. The van der Waals surface area contributed by atoms with Gasteiger partial charge in [0.25, 0.3) is 0 Å². The molecular formula is C23H20N2O6S. The highest BCUT2D eigenvalue weighted by Crippen LogP contribution is 2.28. The minimum atomic E-state index is -0.727. The van der Waals surface area contributed by atoms with E-state index in [1.807, 2.05) is 19.1 Å². The van der Waals surface area contributed by atoms with Crippen molar-refractivity contribution >= 4 is 44.4 Å². The van der Waals surface area contributed by atoms with Crippen LogP contribution in [0.15, 0.2) is 62.7 Å². The van der Waals surface area contributed by atoms with Crippen LogP contribution in [0.5, 0.6) is 5.75 Å². The summed E-state index contributed by atoms with van der Waals surface area (Å²) in [5.41, 5.74) is 0.603. The Labute approximate surface area is 186 Å². The number of thiazole rings is 1. The van der Waals surface area contributed by atoms with Gasteiger partial charge in [-0.2, -0.15) is 4.99 Å². The SMILES string of the molecule is CCOC(=O)Cn1c(=NC(=O)c2cc(=O)c3ccccc3o2)sc2cccc(OCC)c21. The molecule has 0 unspecified atom stereocenters. The fraction of sp³-hybridized carbons (Fsp3) is 0.217. The molecule has 0 atom stereocenters. The lowest BCUT2D eigenvalue weighted by atomic mass is 10.2. The van der Waals surface area contributed by atoms with Crippen molar-refractivity contribution in [1.29, 1.82) is 0 Å². The van der Waals surface area contributed by atoms with Crippen LogP contribution < -0.4 is 15.0 Å². The number of rotatable bonds is 6. The fourth-order valence-electron chi connectivity index (χ4n) is 3.29. The van der Waals surface area contributed by atoms with Crippen LogP contribution in [-0.2, 0) is 16.1 Å². The smallest absolute Gasteiger partial charge is 0.326 e. The van der Waals surface area contributed by atoms with Gasteiger partial charge in [-0.15, -0.1) is 0 Å². The lowest BCUT2D eigenvalue weighted by Gasteiger charge is -2.09. The van der Waals surface area contributed by atoms with E-state index in [1.165, 1.54) is 11.3 Å². The van der Waals surface area contributed by atoms with Gasteiger partial charge in [-0.1, -0.05) is 29.5 Å². The third-order valence-corrected chi connectivity index (χ3v) is 5.64. The molecular weight excluding hydrogens is 432 g/mol. The Kier molecular flexibility index (Phi) is 6.18. The molecule has 4 rings (SSSR count). The van der Waals surface area contributed by atoms with Gasteiger partial charge >= 0.3 is 11.9 Å². The molecule has 1 amide bonds. The van der Waals surface area contributed by atoms with Crippen LogP contribution in [-0.4, -0.2) is 29.7 Å². The highest BCUT2D eigenvalue weighted by Gasteiger charge is 2.17. The first-order valence-electron chi connectivity index (χ1n) is 10.0. The standard InChI is InChI=1S/C23H20N2O6S/c1-3-29-17-10-7-11-19-21(17)25(13-20(27)30-4-2)23(32-19)24-22(28)18-12-15(26)14-8-5-6-9-16(14)31-18/h5-12H,3-4,13H2,1-2H3. The second-order valence-electron chi connectivity index (χ2n) is 6.70. The van der Waals surface area contributed by atoms with Crippen LogP contribution in [0.3, 0.4) is 0 Å². The van der Waals surface area contributed by atoms with Crippen LogP contribution in [0.1, 0.15) is 24.4 Å². The molecule has 2 aromatic carbocycles. The van der Waals surface area contributed by atoms with Crippen molar-refractivity contribution in [2.75, 3.05) is 13.2 Å². The summed E-state index contributed by atoms with van der Waals surface area (Å²) in [7, 11) is 0. The number of nitrogens with zero attached hydrogens (tertiary/aromatic N) is 2. The third kappa shape index (κ3) is 4.19. The van der Waals surface area contributed by atoms with Crippen LogP contribution in [0, 0.1) is 0 Å². The van der Waals surface area contributed by atoms with Crippen molar-refractivity contribution in [2.24, 2.45) is 4.99 Å². The highest BCUT2D eigenvalue weighted by molar-refractivity contribution is 7.16. The zero-order valence-corrected chi connectivity index (χ0v) is 18.3. The molecule has 0 fully saturated rings. The number of esters is 1. The van der Waals surface area contributed by atoms with E-state index in [2.05, 4.69) is 4.99 Å². The predicted molar refractivity (Wildman–Crippen MR) is 120 cm³/mol. The maximum atomic E-state index is 12.9. The Bertz CT molecular complexity index is 1450. The molecule has 0 saturated heterocycles. The van der Waals surface area contributed by atoms with Crippen molar-refractivity contribution in [1.82, 2.24) is 4.57 Å². The number of hydrogen-bond donors (Lipinski definition) is 0. The average molecular weight is 452 g/mol. The molecule has 0 bridgehead atoms. The Morgan fingerprint density at radius 1 is 1.09 bits per heavy atom. The van der Waals surface area contributed by atoms with Crippen molar-refractivity contribution in [2.45, 2.75) is 20.4 Å². The topological polar surface area (TPSA) is 100 Å². The van der Waals surface area contributed by atoms with E-state index >= 15 is 0 Å². The Balaban J connectivity index is 1.87. The molecule has 0 aliphatic heterocycles. The normalized spacial score (nSPS) is 11.8. The summed E-state index contributed by atoms with van der Waals surface area (Å²) in [4.78, 5) is 42.0. The van der Waals surface area contributed by atoms with Crippen LogP contribution in [0.4, 0.5) is 0 Å². The van der Waals surface area contributed by atoms with E-state index in [0.717, 1.165) is 10.8 Å². The summed E-state index contributed by atoms with van der Waals surface area (Å²) in [6.45, 7) is 4.09. The summed E-state index contributed by atoms with van der Waals surface area (Å²) in [5.74, 6) is -0.810. The van der Waals surface area contributed by atoms with E-state index < -0.39 is 11.9 Å². The summed E-state index contributed by atoms with van der Waals surface area (Å²) >= 11 is 1.22. The van der Waals surface area contributed by atoms with E-state index in [-0.39, 0.29) is 29.1 Å². The second kappa shape index (κ2) is 9.19. The first-order valence-corrected chi connectivity index (χ1v) is 10.9.